The summed E-state index contributed by atoms with van der Waals surface area (Å²) >= 11 is 0. The van der Waals surface area contributed by atoms with Crippen LogP contribution in [-0.4, -0.2) is 48.3 Å². The molecule has 1 saturated heterocycles. The molecule has 2 N–H and O–H groups in total. The van der Waals surface area contributed by atoms with Gasteiger partial charge in [-0.25, -0.2) is 0 Å². The third-order valence-electron chi connectivity index (χ3n) is 3.66. The second-order valence-electron chi connectivity index (χ2n) is 5.11. The molecule has 1 rings (SSSR count). The molecule has 1 amide bonds. The van der Waals surface area contributed by atoms with Gasteiger partial charge in [-0.05, 0) is 25.7 Å². The van der Waals surface area contributed by atoms with Crippen LogP contribution in [0.15, 0.2) is 0 Å². The lowest BCUT2D eigenvalue weighted by Gasteiger charge is -2.33. The van der Waals surface area contributed by atoms with Crippen molar-refractivity contribution in [1.29, 1.82) is 0 Å². The maximum absolute atomic E-state index is 12.7. The molecule has 0 aromatic carbocycles. The molecule has 0 aliphatic carbocycles. The van der Waals surface area contributed by atoms with Crippen molar-refractivity contribution < 1.29 is 22.7 Å². The Labute approximate surface area is 117 Å². The van der Waals surface area contributed by atoms with Crippen LogP contribution in [0.2, 0.25) is 0 Å². The van der Waals surface area contributed by atoms with Crippen molar-refractivity contribution in [3.63, 3.8) is 0 Å². The van der Waals surface area contributed by atoms with E-state index in [2.05, 4.69) is 0 Å². The summed E-state index contributed by atoms with van der Waals surface area (Å²) in [6.45, 7) is 2.63. The normalized spacial score (nSPS) is 23.4. The summed E-state index contributed by atoms with van der Waals surface area (Å²) in [6, 6.07) is -0.412. The highest BCUT2D eigenvalue weighted by Gasteiger charge is 2.40. The van der Waals surface area contributed by atoms with Gasteiger partial charge in [-0.15, -0.1) is 0 Å². The van der Waals surface area contributed by atoms with E-state index < -0.39 is 30.8 Å². The highest BCUT2D eigenvalue weighted by Crippen LogP contribution is 2.26. The monoisotopic (exact) mass is 296 g/mol. The van der Waals surface area contributed by atoms with Crippen molar-refractivity contribution in [1.82, 2.24) is 4.90 Å². The van der Waals surface area contributed by atoms with E-state index in [4.69, 9.17) is 10.5 Å². The first-order valence-electron chi connectivity index (χ1n) is 7.05. The zero-order valence-electron chi connectivity index (χ0n) is 11.9. The molecule has 20 heavy (non-hydrogen) atoms. The van der Waals surface area contributed by atoms with Crippen LogP contribution in [0.3, 0.4) is 0 Å². The first-order chi connectivity index (χ1) is 9.32. The molecule has 1 aliphatic heterocycles. The number of carbonyl (C=O) groups excluding carboxylic acids is 1. The predicted octanol–water partition coefficient (Wildman–Crippen LogP) is 2.07. The average molecular weight is 296 g/mol. The number of rotatable bonds is 6. The molecule has 2 atom stereocenters. The van der Waals surface area contributed by atoms with E-state index in [1.807, 2.05) is 0 Å². The minimum Gasteiger partial charge on any atom is -0.364 e. The zero-order chi connectivity index (χ0) is 15.3. The van der Waals surface area contributed by atoms with Gasteiger partial charge in [0.1, 0.15) is 12.6 Å². The second kappa shape index (κ2) is 7.26. The number of amides is 1. The van der Waals surface area contributed by atoms with Gasteiger partial charge in [0.2, 0.25) is 0 Å². The Morgan fingerprint density at radius 1 is 1.35 bits per heavy atom. The largest absolute Gasteiger partial charge is 0.406 e. The van der Waals surface area contributed by atoms with Crippen molar-refractivity contribution in [3.05, 3.63) is 0 Å². The highest BCUT2D eigenvalue weighted by molar-refractivity contribution is 5.81. The number of hydrogen-bond acceptors (Lipinski definition) is 3. The standard InChI is InChI=1S/C13H23F3N2O2/c1-3-9(4-2)18(8-13(14,15)16)12(19)11-6-5-10(7-17)20-11/h9-11H,3-8,17H2,1-2H3. The van der Waals surface area contributed by atoms with Crippen LogP contribution in [0.1, 0.15) is 39.5 Å². The van der Waals surface area contributed by atoms with Crippen molar-refractivity contribution in [2.45, 2.75) is 64.0 Å². The van der Waals surface area contributed by atoms with Crippen molar-refractivity contribution in [2.75, 3.05) is 13.1 Å². The summed E-state index contributed by atoms with van der Waals surface area (Å²) in [4.78, 5) is 13.2. The quantitative estimate of drug-likeness (QED) is 0.816. The van der Waals surface area contributed by atoms with Gasteiger partial charge in [0.15, 0.2) is 0 Å². The molecular formula is C13H23F3N2O2. The number of halogens is 3. The Hall–Kier alpha value is -0.820. The SMILES string of the molecule is CCC(CC)N(CC(F)(F)F)C(=O)C1CCC(CN)O1. The lowest BCUT2D eigenvalue weighted by Crippen LogP contribution is -2.49. The molecule has 0 radical (unpaired) electrons. The minimum atomic E-state index is -4.40. The molecule has 1 heterocycles. The van der Waals surface area contributed by atoms with E-state index in [0.717, 1.165) is 4.90 Å². The highest BCUT2D eigenvalue weighted by atomic mass is 19.4. The van der Waals surface area contributed by atoms with Crippen molar-refractivity contribution in [3.8, 4) is 0 Å². The Bertz CT molecular complexity index is 319. The van der Waals surface area contributed by atoms with Crippen LogP contribution in [-0.2, 0) is 9.53 Å². The van der Waals surface area contributed by atoms with Gasteiger partial charge in [-0.2, -0.15) is 13.2 Å². The third-order valence-corrected chi connectivity index (χ3v) is 3.66. The number of ether oxygens (including phenoxy) is 1. The maximum Gasteiger partial charge on any atom is 0.406 e. The number of alkyl halides is 3. The predicted molar refractivity (Wildman–Crippen MR) is 69.1 cm³/mol. The van der Waals surface area contributed by atoms with E-state index in [0.29, 0.717) is 25.7 Å². The van der Waals surface area contributed by atoms with Crippen molar-refractivity contribution >= 4 is 5.91 Å². The number of carbonyl (C=O) groups is 1. The summed E-state index contributed by atoms with van der Waals surface area (Å²) in [5, 5.41) is 0. The summed E-state index contributed by atoms with van der Waals surface area (Å²) in [5.41, 5.74) is 5.46. The summed E-state index contributed by atoms with van der Waals surface area (Å²) in [6.07, 6.45) is -3.36. The van der Waals surface area contributed by atoms with E-state index >= 15 is 0 Å². The fourth-order valence-corrected chi connectivity index (χ4v) is 2.56. The van der Waals surface area contributed by atoms with Gasteiger partial charge in [-0.3, -0.25) is 4.79 Å². The molecule has 1 fully saturated rings. The topological polar surface area (TPSA) is 55.6 Å². The van der Waals surface area contributed by atoms with Gasteiger partial charge in [0, 0.05) is 12.6 Å². The van der Waals surface area contributed by atoms with Gasteiger partial charge in [0.05, 0.1) is 6.10 Å². The lowest BCUT2D eigenvalue weighted by atomic mass is 10.1. The van der Waals surface area contributed by atoms with E-state index in [9.17, 15) is 18.0 Å². The first-order valence-corrected chi connectivity index (χ1v) is 7.05. The molecule has 0 bridgehead atoms. The van der Waals surface area contributed by atoms with Gasteiger partial charge >= 0.3 is 6.18 Å². The van der Waals surface area contributed by atoms with Crippen LogP contribution in [0.25, 0.3) is 0 Å². The molecule has 7 heteroatoms. The van der Waals surface area contributed by atoms with Gasteiger partial charge in [0.25, 0.3) is 5.91 Å². The number of nitrogens with two attached hydrogens (primary N) is 1. The number of nitrogens with zero attached hydrogens (tertiary/aromatic N) is 1. The van der Waals surface area contributed by atoms with Crippen LogP contribution < -0.4 is 5.73 Å². The molecule has 2 unspecified atom stereocenters. The van der Waals surface area contributed by atoms with Crippen LogP contribution >= 0.6 is 0 Å². The Morgan fingerprint density at radius 2 is 1.95 bits per heavy atom. The summed E-state index contributed by atoms with van der Waals surface area (Å²) in [7, 11) is 0. The summed E-state index contributed by atoms with van der Waals surface area (Å²) < 4.78 is 43.4. The van der Waals surface area contributed by atoms with Crippen LogP contribution in [0, 0.1) is 0 Å². The summed E-state index contributed by atoms with van der Waals surface area (Å²) in [5.74, 6) is -0.563. The maximum atomic E-state index is 12.7. The Kier molecular flexibility index (Phi) is 6.26. The first kappa shape index (κ1) is 17.2. The lowest BCUT2D eigenvalue weighted by molar-refractivity contribution is -0.172. The van der Waals surface area contributed by atoms with Crippen LogP contribution in [0.5, 0.6) is 0 Å². The third kappa shape index (κ3) is 4.63. The van der Waals surface area contributed by atoms with Crippen molar-refractivity contribution in [2.24, 2.45) is 5.73 Å². The van der Waals surface area contributed by atoms with Crippen LogP contribution in [0.4, 0.5) is 13.2 Å². The molecular weight excluding hydrogens is 273 g/mol. The molecule has 0 aromatic heterocycles. The van der Waals surface area contributed by atoms with E-state index in [1.54, 1.807) is 13.8 Å². The average Bonchev–Trinajstić information content (AvgIpc) is 2.85. The molecule has 0 spiro atoms. The van der Waals surface area contributed by atoms with Gasteiger partial charge < -0.3 is 15.4 Å². The molecule has 4 nitrogen and oxygen atoms in total. The fourth-order valence-electron chi connectivity index (χ4n) is 2.56. The molecule has 1 aliphatic rings. The van der Waals surface area contributed by atoms with Gasteiger partial charge in [-0.1, -0.05) is 13.8 Å². The number of hydrogen-bond donors (Lipinski definition) is 1. The second-order valence-corrected chi connectivity index (χ2v) is 5.11. The Morgan fingerprint density at radius 3 is 2.35 bits per heavy atom. The fraction of sp³-hybridized carbons (Fsp3) is 0.923. The zero-order valence-corrected chi connectivity index (χ0v) is 11.9. The minimum absolute atomic E-state index is 0.224. The molecule has 118 valence electrons. The smallest absolute Gasteiger partial charge is 0.364 e. The Balaban J connectivity index is 2.79. The van der Waals surface area contributed by atoms with E-state index in [-0.39, 0.29) is 12.6 Å². The van der Waals surface area contributed by atoms with E-state index in [1.165, 1.54) is 0 Å². The molecule has 0 saturated carbocycles. The molecule has 0 aromatic rings.